The van der Waals surface area contributed by atoms with E-state index >= 15 is 0 Å². The van der Waals surface area contributed by atoms with Crippen LogP contribution in [0.2, 0.25) is 5.02 Å². The first-order valence-corrected chi connectivity index (χ1v) is 11.6. The number of halogens is 1. The number of fused-ring (bicyclic) bond motifs is 1. The number of aromatic nitrogens is 2. The molecule has 4 nitrogen and oxygen atoms in total. The van der Waals surface area contributed by atoms with E-state index in [0.717, 1.165) is 34.2 Å². The van der Waals surface area contributed by atoms with E-state index < -0.39 is 0 Å². The summed E-state index contributed by atoms with van der Waals surface area (Å²) in [5, 5.41) is 9.27. The molecule has 0 radical (unpaired) electrons. The fraction of sp³-hybridized carbons (Fsp3) is 0.0769. The Morgan fingerprint density at radius 1 is 1.03 bits per heavy atom. The fourth-order valence-electron chi connectivity index (χ4n) is 3.74. The topological polar surface area (TPSA) is 42.2 Å². The van der Waals surface area contributed by atoms with Crippen LogP contribution in [0.5, 0.6) is 0 Å². The smallest absolute Gasteiger partial charge is 0.203 e. The zero-order valence-corrected chi connectivity index (χ0v) is 19.1. The van der Waals surface area contributed by atoms with Crippen molar-refractivity contribution in [3.8, 4) is 11.3 Å². The van der Waals surface area contributed by atoms with E-state index in [1.165, 1.54) is 27.8 Å². The Labute approximate surface area is 195 Å². The van der Waals surface area contributed by atoms with Gasteiger partial charge < -0.3 is 4.57 Å². The quantitative estimate of drug-likeness (QED) is 0.215. The highest BCUT2D eigenvalue weighted by Crippen LogP contribution is 2.27. The van der Waals surface area contributed by atoms with Crippen molar-refractivity contribution in [3.05, 3.63) is 107 Å². The SMILES string of the molecule is C/C(=N\Nc1nc(-c2cccc(Cl)c2)cs1)c1cn(Cc2ccccc2)c2ccccc12. The third kappa shape index (κ3) is 4.31. The van der Waals surface area contributed by atoms with Gasteiger partial charge in [-0.25, -0.2) is 4.98 Å². The average molecular weight is 457 g/mol. The van der Waals surface area contributed by atoms with Crippen molar-refractivity contribution in [1.82, 2.24) is 9.55 Å². The standard InChI is InChI=1S/C26H21ClN4S/c1-18(29-30-26-28-24(17-32-26)20-10-7-11-21(27)14-20)23-16-31(15-19-8-3-2-4-9-19)25-13-6-5-12-22(23)25/h2-14,16-17H,15H2,1H3,(H,28,30)/b29-18+. The van der Waals surface area contributed by atoms with Crippen molar-refractivity contribution >= 4 is 44.7 Å². The van der Waals surface area contributed by atoms with Crippen LogP contribution in [0.4, 0.5) is 5.13 Å². The van der Waals surface area contributed by atoms with Crippen LogP contribution in [0.15, 0.2) is 95.5 Å². The number of hydrogen-bond acceptors (Lipinski definition) is 4. The summed E-state index contributed by atoms with van der Waals surface area (Å²) in [6.45, 7) is 2.84. The minimum atomic E-state index is 0.700. The van der Waals surface area contributed by atoms with Crippen LogP contribution >= 0.6 is 22.9 Å². The number of rotatable bonds is 6. The first-order chi connectivity index (χ1) is 15.7. The zero-order valence-electron chi connectivity index (χ0n) is 17.5. The molecule has 0 spiro atoms. The Morgan fingerprint density at radius 3 is 2.69 bits per heavy atom. The van der Waals surface area contributed by atoms with Gasteiger partial charge in [-0.3, -0.25) is 5.43 Å². The first kappa shape index (κ1) is 20.5. The number of thiazole rings is 1. The van der Waals surface area contributed by atoms with Gasteiger partial charge >= 0.3 is 0 Å². The summed E-state index contributed by atoms with van der Waals surface area (Å²) in [4.78, 5) is 4.65. The summed E-state index contributed by atoms with van der Waals surface area (Å²) in [6.07, 6.45) is 2.18. The van der Waals surface area contributed by atoms with Gasteiger partial charge in [-0.2, -0.15) is 5.10 Å². The monoisotopic (exact) mass is 456 g/mol. The van der Waals surface area contributed by atoms with E-state index in [1.54, 1.807) is 0 Å². The van der Waals surface area contributed by atoms with Crippen molar-refractivity contribution in [1.29, 1.82) is 0 Å². The van der Waals surface area contributed by atoms with Crippen molar-refractivity contribution < 1.29 is 0 Å². The number of nitrogens with zero attached hydrogens (tertiary/aromatic N) is 3. The molecule has 0 saturated heterocycles. The Kier molecular flexibility index (Phi) is 5.75. The lowest BCUT2D eigenvalue weighted by molar-refractivity contribution is 0.836. The minimum absolute atomic E-state index is 0.700. The second kappa shape index (κ2) is 8.99. The molecule has 1 N–H and O–H groups in total. The number of hydrazone groups is 1. The predicted octanol–water partition coefficient (Wildman–Crippen LogP) is 7.30. The van der Waals surface area contributed by atoms with E-state index in [0.29, 0.717) is 5.02 Å². The summed E-state index contributed by atoms with van der Waals surface area (Å²) in [5.74, 6) is 0. The summed E-state index contributed by atoms with van der Waals surface area (Å²) in [5.41, 5.74) is 9.48. The van der Waals surface area contributed by atoms with E-state index in [-0.39, 0.29) is 0 Å². The zero-order chi connectivity index (χ0) is 21.9. The lowest BCUT2D eigenvalue weighted by Crippen LogP contribution is -2.00. The van der Waals surface area contributed by atoms with Crippen LogP contribution in [0, 0.1) is 0 Å². The second-order valence-corrected chi connectivity index (χ2v) is 8.83. The molecule has 0 fully saturated rings. The van der Waals surface area contributed by atoms with Crippen molar-refractivity contribution in [3.63, 3.8) is 0 Å². The molecule has 0 aliphatic rings. The Bertz CT molecular complexity index is 1400. The van der Waals surface area contributed by atoms with Gasteiger partial charge in [0.15, 0.2) is 0 Å². The van der Waals surface area contributed by atoms with Crippen LogP contribution in [-0.4, -0.2) is 15.3 Å². The molecule has 3 aromatic carbocycles. The van der Waals surface area contributed by atoms with Gasteiger partial charge in [-0.15, -0.1) is 11.3 Å². The van der Waals surface area contributed by atoms with Gasteiger partial charge in [0.05, 0.1) is 11.4 Å². The summed E-state index contributed by atoms with van der Waals surface area (Å²) in [7, 11) is 0. The molecule has 158 valence electrons. The van der Waals surface area contributed by atoms with Gasteiger partial charge in [0, 0.05) is 45.2 Å². The highest BCUT2D eigenvalue weighted by Gasteiger charge is 2.11. The number of anilines is 1. The van der Waals surface area contributed by atoms with Gasteiger partial charge in [0.2, 0.25) is 5.13 Å². The van der Waals surface area contributed by atoms with E-state index in [1.807, 2.05) is 42.6 Å². The first-order valence-electron chi connectivity index (χ1n) is 10.3. The van der Waals surface area contributed by atoms with Crippen molar-refractivity contribution in [2.45, 2.75) is 13.5 Å². The summed E-state index contributed by atoms with van der Waals surface area (Å²) < 4.78 is 2.28. The van der Waals surface area contributed by atoms with Crippen LogP contribution < -0.4 is 5.43 Å². The van der Waals surface area contributed by atoms with Crippen LogP contribution in [-0.2, 0) is 6.54 Å². The van der Waals surface area contributed by atoms with Gasteiger partial charge in [-0.1, -0.05) is 72.3 Å². The second-order valence-electron chi connectivity index (χ2n) is 7.53. The van der Waals surface area contributed by atoms with Crippen molar-refractivity contribution in [2.75, 3.05) is 5.43 Å². The molecule has 0 saturated carbocycles. The van der Waals surface area contributed by atoms with Crippen molar-refractivity contribution in [2.24, 2.45) is 5.10 Å². The molecule has 6 heteroatoms. The van der Waals surface area contributed by atoms with Crippen LogP contribution in [0.25, 0.3) is 22.2 Å². The lowest BCUT2D eigenvalue weighted by Gasteiger charge is -2.05. The third-order valence-corrected chi connectivity index (χ3v) is 6.30. The highest BCUT2D eigenvalue weighted by molar-refractivity contribution is 7.14. The maximum absolute atomic E-state index is 6.11. The molecule has 32 heavy (non-hydrogen) atoms. The molecule has 0 atom stereocenters. The summed E-state index contributed by atoms with van der Waals surface area (Å²) >= 11 is 7.63. The van der Waals surface area contributed by atoms with E-state index in [4.69, 9.17) is 11.6 Å². The van der Waals surface area contributed by atoms with Gasteiger partial charge in [0.1, 0.15) is 0 Å². The van der Waals surface area contributed by atoms with Gasteiger partial charge in [0.25, 0.3) is 0 Å². The molecular weight excluding hydrogens is 436 g/mol. The normalized spacial score (nSPS) is 11.8. The number of benzene rings is 3. The molecule has 0 aliphatic heterocycles. The Balaban J connectivity index is 1.41. The Hall–Kier alpha value is -3.41. The minimum Gasteiger partial charge on any atom is -0.342 e. The fourth-order valence-corrected chi connectivity index (χ4v) is 4.60. The molecule has 0 amide bonds. The lowest BCUT2D eigenvalue weighted by atomic mass is 10.1. The molecule has 0 unspecified atom stereocenters. The Morgan fingerprint density at radius 2 is 1.84 bits per heavy atom. The average Bonchev–Trinajstić information content (AvgIpc) is 3.44. The molecule has 5 rings (SSSR count). The van der Waals surface area contributed by atoms with E-state index in [9.17, 15) is 0 Å². The molecule has 2 heterocycles. The third-order valence-electron chi connectivity index (χ3n) is 5.32. The number of para-hydroxylation sites is 1. The molecule has 2 aromatic heterocycles. The molecular formula is C26H21ClN4S. The van der Waals surface area contributed by atoms with Crippen LogP contribution in [0.3, 0.4) is 0 Å². The highest BCUT2D eigenvalue weighted by atomic mass is 35.5. The largest absolute Gasteiger partial charge is 0.342 e. The number of hydrogen-bond donors (Lipinski definition) is 1. The van der Waals surface area contributed by atoms with Gasteiger partial charge in [-0.05, 0) is 30.7 Å². The predicted molar refractivity (Wildman–Crippen MR) is 136 cm³/mol. The van der Waals surface area contributed by atoms with Crippen LogP contribution in [0.1, 0.15) is 18.1 Å². The molecule has 0 bridgehead atoms. The van der Waals surface area contributed by atoms with E-state index in [2.05, 4.69) is 74.8 Å². The molecule has 5 aromatic rings. The molecule has 0 aliphatic carbocycles. The summed E-state index contributed by atoms with van der Waals surface area (Å²) in [6, 6.07) is 26.6. The number of nitrogens with one attached hydrogen (secondary N) is 1. The maximum atomic E-state index is 6.11. The maximum Gasteiger partial charge on any atom is 0.203 e.